The van der Waals surface area contributed by atoms with E-state index in [9.17, 15) is 8.42 Å². The minimum atomic E-state index is -3.56. The summed E-state index contributed by atoms with van der Waals surface area (Å²) in [7, 11) is -3.56. The van der Waals surface area contributed by atoms with E-state index in [1.54, 1.807) is 31.5 Å². The first-order valence-electron chi connectivity index (χ1n) is 5.97. The van der Waals surface area contributed by atoms with E-state index in [4.69, 9.17) is 5.26 Å². The van der Waals surface area contributed by atoms with Crippen LogP contribution in [0.3, 0.4) is 0 Å². The highest BCUT2D eigenvalue weighted by Gasteiger charge is 2.25. The molecule has 0 atom stereocenters. The normalized spacial score (nSPS) is 11.4. The summed E-state index contributed by atoms with van der Waals surface area (Å²) >= 11 is 0.991. The molecule has 2 heterocycles. The van der Waals surface area contributed by atoms with Crippen LogP contribution in [0.2, 0.25) is 0 Å². The molecule has 0 radical (unpaired) electrons. The fraction of sp³-hybridized carbons (Fsp3) is 0.231. The number of hydrogen-bond donors (Lipinski definition) is 0. The van der Waals surface area contributed by atoms with Crippen LogP contribution in [0.4, 0.5) is 0 Å². The van der Waals surface area contributed by atoms with Gasteiger partial charge in [-0.1, -0.05) is 6.92 Å². The van der Waals surface area contributed by atoms with Crippen molar-refractivity contribution in [3.63, 3.8) is 0 Å². The third kappa shape index (κ3) is 3.04. The summed E-state index contributed by atoms with van der Waals surface area (Å²) in [6, 6.07) is 8.53. The number of pyridine rings is 1. The SMILES string of the molecule is CCN(Cc1ccncc1)S(=O)(=O)c1ccc(C#N)s1. The number of rotatable bonds is 5. The summed E-state index contributed by atoms with van der Waals surface area (Å²) in [5.74, 6) is 0. The molecule has 2 aromatic rings. The van der Waals surface area contributed by atoms with E-state index in [-0.39, 0.29) is 4.21 Å². The zero-order valence-corrected chi connectivity index (χ0v) is 12.5. The van der Waals surface area contributed by atoms with E-state index in [2.05, 4.69) is 4.98 Å². The average Bonchev–Trinajstić information content (AvgIpc) is 2.95. The van der Waals surface area contributed by atoms with Crippen LogP contribution in [0, 0.1) is 11.3 Å². The third-order valence-electron chi connectivity index (χ3n) is 2.75. The van der Waals surface area contributed by atoms with Gasteiger partial charge in [0.05, 0.1) is 0 Å². The third-order valence-corrected chi connectivity index (χ3v) is 6.12. The van der Waals surface area contributed by atoms with E-state index >= 15 is 0 Å². The van der Waals surface area contributed by atoms with Gasteiger partial charge in [0.2, 0.25) is 0 Å². The van der Waals surface area contributed by atoms with Crippen LogP contribution in [-0.2, 0) is 16.6 Å². The summed E-state index contributed by atoms with van der Waals surface area (Å²) in [5, 5.41) is 8.79. The average molecular weight is 307 g/mol. The molecule has 2 aromatic heterocycles. The molecule has 0 fully saturated rings. The summed E-state index contributed by atoms with van der Waals surface area (Å²) in [6.07, 6.45) is 3.27. The molecule has 0 aromatic carbocycles. The minimum Gasteiger partial charge on any atom is -0.265 e. The van der Waals surface area contributed by atoms with E-state index in [1.165, 1.54) is 16.4 Å². The number of thiophene rings is 1. The van der Waals surface area contributed by atoms with E-state index in [0.717, 1.165) is 16.9 Å². The fourth-order valence-corrected chi connectivity index (χ4v) is 4.40. The Hall–Kier alpha value is -1.75. The van der Waals surface area contributed by atoms with Gasteiger partial charge in [0.25, 0.3) is 10.0 Å². The highest BCUT2D eigenvalue weighted by atomic mass is 32.2. The van der Waals surface area contributed by atoms with Gasteiger partial charge in [0, 0.05) is 25.5 Å². The quantitative estimate of drug-likeness (QED) is 0.849. The molecule has 0 amide bonds. The first-order valence-corrected chi connectivity index (χ1v) is 8.22. The number of nitrogens with zero attached hydrogens (tertiary/aromatic N) is 3. The van der Waals surface area contributed by atoms with Crippen molar-refractivity contribution in [1.82, 2.24) is 9.29 Å². The number of hydrogen-bond acceptors (Lipinski definition) is 5. The lowest BCUT2D eigenvalue weighted by Gasteiger charge is -2.19. The van der Waals surface area contributed by atoms with Crippen molar-refractivity contribution in [3.05, 3.63) is 47.1 Å². The molecular formula is C13H13N3O2S2. The molecule has 5 nitrogen and oxygen atoms in total. The van der Waals surface area contributed by atoms with Gasteiger partial charge in [0.1, 0.15) is 15.2 Å². The number of sulfonamides is 1. The van der Waals surface area contributed by atoms with E-state index in [1.807, 2.05) is 6.07 Å². The van der Waals surface area contributed by atoms with Gasteiger partial charge in [-0.3, -0.25) is 4.98 Å². The van der Waals surface area contributed by atoms with Crippen molar-refractivity contribution >= 4 is 21.4 Å². The molecule has 104 valence electrons. The standard InChI is InChI=1S/C13H13N3O2S2/c1-2-16(10-11-5-7-15-8-6-11)20(17,18)13-4-3-12(9-14)19-13/h3-8H,2,10H2,1H3. The van der Waals surface area contributed by atoms with Gasteiger partial charge >= 0.3 is 0 Å². The van der Waals surface area contributed by atoms with Crippen molar-refractivity contribution in [2.24, 2.45) is 0 Å². The minimum absolute atomic E-state index is 0.199. The maximum absolute atomic E-state index is 12.5. The van der Waals surface area contributed by atoms with Crippen molar-refractivity contribution < 1.29 is 8.42 Å². The van der Waals surface area contributed by atoms with E-state index < -0.39 is 10.0 Å². The molecule has 7 heteroatoms. The second-order valence-electron chi connectivity index (χ2n) is 4.02. The molecule has 0 bridgehead atoms. The lowest BCUT2D eigenvalue weighted by Crippen LogP contribution is -2.29. The van der Waals surface area contributed by atoms with Crippen molar-refractivity contribution in [2.75, 3.05) is 6.54 Å². The largest absolute Gasteiger partial charge is 0.265 e. The van der Waals surface area contributed by atoms with Crippen molar-refractivity contribution in [2.45, 2.75) is 17.7 Å². The maximum atomic E-state index is 12.5. The predicted molar refractivity (Wildman–Crippen MR) is 76.5 cm³/mol. The molecule has 20 heavy (non-hydrogen) atoms. The summed E-state index contributed by atoms with van der Waals surface area (Å²) in [5.41, 5.74) is 0.877. The smallest absolute Gasteiger partial charge is 0.252 e. The van der Waals surface area contributed by atoms with Crippen molar-refractivity contribution in [1.29, 1.82) is 5.26 Å². The monoisotopic (exact) mass is 307 g/mol. The van der Waals surface area contributed by atoms with Crippen LogP contribution in [0.5, 0.6) is 0 Å². The van der Waals surface area contributed by atoms with Gasteiger partial charge in [-0.05, 0) is 29.8 Å². The molecule has 0 aliphatic heterocycles. The molecule has 2 rings (SSSR count). The molecular weight excluding hydrogens is 294 g/mol. The summed E-state index contributed by atoms with van der Waals surface area (Å²) < 4.78 is 26.6. The molecule has 0 aliphatic carbocycles. The van der Waals surface area contributed by atoms with Gasteiger partial charge in [-0.25, -0.2) is 8.42 Å². The first kappa shape index (κ1) is 14.7. The summed E-state index contributed by atoms with van der Waals surface area (Å²) in [4.78, 5) is 4.30. The zero-order valence-electron chi connectivity index (χ0n) is 10.9. The number of aromatic nitrogens is 1. The maximum Gasteiger partial charge on any atom is 0.252 e. The second kappa shape index (κ2) is 6.13. The van der Waals surface area contributed by atoms with Crippen LogP contribution in [0.1, 0.15) is 17.4 Å². The molecule has 0 spiro atoms. The Morgan fingerprint density at radius 1 is 1.30 bits per heavy atom. The Labute approximate surface area is 122 Å². The van der Waals surface area contributed by atoms with Crippen molar-refractivity contribution in [3.8, 4) is 6.07 Å². The highest BCUT2D eigenvalue weighted by molar-refractivity contribution is 7.91. The molecule has 0 unspecified atom stereocenters. The Bertz CT molecular complexity index is 718. The lowest BCUT2D eigenvalue weighted by molar-refractivity contribution is 0.424. The van der Waals surface area contributed by atoms with Crippen LogP contribution >= 0.6 is 11.3 Å². The molecule has 0 N–H and O–H groups in total. The van der Waals surface area contributed by atoms with E-state index in [0.29, 0.717) is 18.0 Å². The second-order valence-corrected chi connectivity index (χ2v) is 7.27. The first-order chi connectivity index (χ1) is 9.57. The van der Waals surface area contributed by atoms with Crippen LogP contribution in [-0.4, -0.2) is 24.3 Å². The van der Waals surface area contributed by atoms with Gasteiger partial charge in [-0.2, -0.15) is 9.57 Å². The Kier molecular flexibility index (Phi) is 4.49. The molecule has 0 aliphatic rings. The Morgan fingerprint density at radius 3 is 2.55 bits per heavy atom. The van der Waals surface area contributed by atoms with Crippen LogP contribution < -0.4 is 0 Å². The van der Waals surface area contributed by atoms with Gasteiger partial charge in [0.15, 0.2) is 0 Å². The van der Waals surface area contributed by atoms with Gasteiger partial charge in [-0.15, -0.1) is 11.3 Å². The molecule has 0 saturated heterocycles. The Balaban J connectivity index is 2.28. The summed E-state index contributed by atoms with van der Waals surface area (Å²) in [6.45, 7) is 2.45. The topological polar surface area (TPSA) is 74.1 Å². The van der Waals surface area contributed by atoms with Crippen LogP contribution in [0.25, 0.3) is 0 Å². The van der Waals surface area contributed by atoms with Crippen LogP contribution in [0.15, 0.2) is 40.9 Å². The number of nitriles is 1. The predicted octanol–water partition coefficient (Wildman–Crippen LogP) is 2.23. The zero-order chi connectivity index (χ0) is 14.6. The lowest BCUT2D eigenvalue weighted by atomic mass is 10.3. The Morgan fingerprint density at radius 2 is 2.00 bits per heavy atom. The van der Waals surface area contributed by atoms with Gasteiger partial charge < -0.3 is 0 Å². The highest BCUT2D eigenvalue weighted by Crippen LogP contribution is 2.25. The molecule has 0 saturated carbocycles. The fourth-order valence-electron chi connectivity index (χ4n) is 1.70.